The summed E-state index contributed by atoms with van der Waals surface area (Å²) in [6.45, 7) is 9.80. The molecule has 0 saturated carbocycles. The molecule has 1 heterocycles. The predicted octanol–water partition coefficient (Wildman–Crippen LogP) is 2.75. The molecule has 1 aromatic heterocycles. The van der Waals surface area contributed by atoms with Crippen LogP contribution >= 0.6 is 0 Å². The first-order valence-electron chi connectivity index (χ1n) is 8.36. The number of fused-ring (bicyclic) bond motifs is 1. The van der Waals surface area contributed by atoms with Gasteiger partial charge < -0.3 is 9.84 Å². The molecule has 1 unspecified atom stereocenters. The summed E-state index contributed by atoms with van der Waals surface area (Å²) in [7, 11) is 0. The lowest BCUT2D eigenvalue weighted by molar-refractivity contribution is -0.149. The van der Waals surface area contributed by atoms with Gasteiger partial charge in [0.05, 0.1) is 22.4 Å². The zero-order valence-electron chi connectivity index (χ0n) is 15.9. The number of carboxylic acid groups (broad SMARTS) is 1. The van der Waals surface area contributed by atoms with E-state index in [0.29, 0.717) is 22.3 Å². The Bertz CT molecular complexity index is 943. The average molecular weight is 360 g/mol. The Balaban J connectivity index is 2.67. The lowest BCUT2D eigenvalue weighted by atomic mass is 9.85. The number of carbonyl (C=O) groups excluding carboxylic acids is 1. The van der Waals surface area contributed by atoms with E-state index in [2.05, 4.69) is 4.98 Å². The van der Waals surface area contributed by atoms with Crippen LogP contribution in [-0.2, 0) is 20.9 Å². The summed E-state index contributed by atoms with van der Waals surface area (Å²) in [6, 6.07) is 2.85. The summed E-state index contributed by atoms with van der Waals surface area (Å²) in [4.78, 5) is 40.2. The highest BCUT2D eigenvalue weighted by atomic mass is 16.5. The van der Waals surface area contributed by atoms with Crippen LogP contribution in [0.3, 0.4) is 0 Å². The minimum absolute atomic E-state index is 0.0700. The molecule has 0 aliphatic carbocycles. The lowest BCUT2D eigenvalue weighted by Gasteiger charge is -2.30. The third-order valence-corrected chi connectivity index (χ3v) is 4.95. The van der Waals surface area contributed by atoms with Crippen LogP contribution in [0.2, 0.25) is 0 Å². The number of aliphatic carboxylic acids is 1. The summed E-state index contributed by atoms with van der Waals surface area (Å²) in [5, 5.41) is 9.86. The normalized spacial score (nSPS) is 12.8. The van der Waals surface area contributed by atoms with E-state index in [0.717, 1.165) is 5.56 Å². The maximum absolute atomic E-state index is 13.1. The largest absolute Gasteiger partial charge is 0.481 e. The third-order valence-electron chi connectivity index (χ3n) is 4.95. The number of ether oxygens (including phenoxy) is 1. The molecule has 1 N–H and O–H groups in total. The van der Waals surface area contributed by atoms with Gasteiger partial charge in [0.25, 0.3) is 5.56 Å². The minimum atomic E-state index is -1.14. The fourth-order valence-electron chi connectivity index (χ4n) is 2.80. The molecule has 2 aromatic rings. The molecular formula is C19H24N2O5. The van der Waals surface area contributed by atoms with Crippen LogP contribution in [0, 0.1) is 19.3 Å². The number of carboxylic acids is 1. The van der Waals surface area contributed by atoms with Gasteiger partial charge >= 0.3 is 11.9 Å². The van der Waals surface area contributed by atoms with Crippen molar-refractivity contribution in [1.29, 1.82) is 0 Å². The van der Waals surface area contributed by atoms with Crippen molar-refractivity contribution >= 4 is 22.8 Å². The Morgan fingerprint density at radius 2 is 1.92 bits per heavy atom. The summed E-state index contributed by atoms with van der Waals surface area (Å²) in [5.74, 6) is -0.937. The van der Waals surface area contributed by atoms with Crippen LogP contribution in [0.15, 0.2) is 16.9 Å². The van der Waals surface area contributed by atoms with E-state index in [9.17, 15) is 19.5 Å². The Labute approximate surface area is 151 Å². The summed E-state index contributed by atoms with van der Waals surface area (Å²) < 4.78 is 6.46. The highest BCUT2D eigenvalue weighted by Crippen LogP contribution is 2.31. The van der Waals surface area contributed by atoms with Crippen molar-refractivity contribution in [2.45, 2.75) is 54.2 Å². The second kappa shape index (κ2) is 6.90. The first-order valence-corrected chi connectivity index (χ1v) is 8.36. The van der Waals surface area contributed by atoms with Gasteiger partial charge in [-0.25, -0.2) is 4.98 Å². The Morgan fingerprint density at radius 1 is 1.31 bits per heavy atom. The number of esters is 1. The van der Waals surface area contributed by atoms with Gasteiger partial charge in [0.1, 0.15) is 12.4 Å². The predicted molar refractivity (Wildman–Crippen MR) is 97.1 cm³/mol. The molecule has 0 fully saturated rings. The van der Waals surface area contributed by atoms with Crippen molar-refractivity contribution in [3.63, 3.8) is 0 Å². The Kier molecular flexibility index (Phi) is 5.21. The molecule has 0 aliphatic heterocycles. The van der Waals surface area contributed by atoms with Crippen molar-refractivity contribution in [2.24, 2.45) is 5.41 Å². The number of hydrogen-bond donors (Lipinski definition) is 1. The van der Waals surface area contributed by atoms with Crippen molar-refractivity contribution in [1.82, 2.24) is 9.55 Å². The molecule has 140 valence electrons. The van der Waals surface area contributed by atoms with Crippen molar-refractivity contribution < 1.29 is 19.4 Å². The first-order chi connectivity index (χ1) is 12.0. The molecule has 0 radical (unpaired) electrons. The fraction of sp³-hybridized carbons (Fsp3) is 0.474. The average Bonchev–Trinajstić information content (AvgIpc) is 2.52. The molecule has 26 heavy (non-hydrogen) atoms. The number of nitrogens with zero attached hydrogens (tertiary/aromatic N) is 2. The molecule has 0 bridgehead atoms. The number of benzene rings is 1. The topological polar surface area (TPSA) is 98.5 Å². The van der Waals surface area contributed by atoms with Crippen molar-refractivity contribution in [3.05, 3.63) is 39.4 Å². The van der Waals surface area contributed by atoms with Gasteiger partial charge in [-0.15, -0.1) is 0 Å². The summed E-state index contributed by atoms with van der Waals surface area (Å²) in [5.41, 5.74) is 0.662. The van der Waals surface area contributed by atoms with Gasteiger partial charge in [-0.3, -0.25) is 19.0 Å². The Hall–Kier alpha value is -2.70. The number of hydrogen-bond acceptors (Lipinski definition) is 5. The molecule has 0 saturated heterocycles. The van der Waals surface area contributed by atoms with Gasteiger partial charge in [0.15, 0.2) is 0 Å². The lowest BCUT2D eigenvalue weighted by Crippen LogP contribution is -2.39. The van der Waals surface area contributed by atoms with E-state index in [1.165, 1.54) is 11.5 Å². The third kappa shape index (κ3) is 3.47. The summed E-state index contributed by atoms with van der Waals surface area (Å²) >= 11 is 0. The zero-order chi connectivity index (χ0) is 19.8. The van der Waals surface area contributed by atoms with E-state index in [4.69, 9.17) is 4.74 Å². The molecule has 7 nitrogen and oxygen atoms in total. The van der Waals surface area contributed by atoms with E-state index < -0.39 is 23.4 Å². The van der Waals surface area contributed by atoms with Crippen LogP contribution in [-0.4, -0.2) is 26.6 Å². The minimum Gasteiger partial charge on any atom is -0.481 e. The van der Waals surface area contributed by atoms with E-state index in [-0.39, 0.29) is 12.2 Å². The van der Waals surface area contributed by atoms with Gasteiger partial charge in [-0.2, -0.15) is 0 Å². The highest BCUT2D eigenvalue weighted by Gasteiger charge is 2.36. The van der Waals surface area contributed by atoms with Crippen molar-refractivity contribution in [2.75, 3.05) is 0 Å². The van der Waals surface area contributed by atoms with Crippen LogP contribution < -0.4 is 5.56 Å². The molecule has 0 spiro atoms. The number of aromatic nitrogens is 2. The van der Waals surface area contributed by atoms with Gasteiger partial charge in [0, 0.05) is 6.92 Å². The molecule has 0 aliphatic rings. The number of aryl methyl sites for hydroxylation is 2. The number of rotatable bonds is 5. The Morgan fingerprint density at radius 3 is 2.46 bits per heavy atom. The van der Waals surface area contributed by atoms with Gasteiger partial charge in [-0.1, -0.05) is 0 Å². The molecular weight excluding hydrogens is 336 g/mol. The quantitative estimate of drug-likeness (QED) is 0.823. The van der Waals surface area contributed by atoms with E-state index >= 15 is 0 Å². The number of carbonyl (C=O) groups is 2. The molecule has 1 aromatic carbocycles. The van der Waals surface area contributed by atoms with Crippen LogP contribution in [0.1, 0.15) is 50.7 Å². The van der Waals surface area contributed by atoms with Crippen LogP contribution in [0.4, 0.5) is 0 Å². The second-order valence-corrected chi connectivity index (χ2v) is 7.11. The smallest absolute Gasteiger partial charge is 0.311 e. The van der Waals surface area contributed by atoms with Crippen LogP contribution in [0.5, 0.6) is 0 Å². The maximum atomic E-state index is 13.1. The molecule has 7 heteroatoms. The summed E-state index contributed by atoms with van der Waals surface area (Å²) in [6.07, 6.45) is 0. The molecule has 0 amide bonds. The molecule has 1 atom stereocenters. The van der Waals surface area contributed by atoms with Gasteiger partial charge in [-0.05, 0) is 57.9 Å². The fourth-order valence-corrected chi connectivity index (χ4v) is 2.80. The van der Waals surface area contributed by atoms with Gasteiger partial charge in [0.2, 0.25) is 0 Å². The standard InChI is InChI=1S/C19H24N2O5/c1-10-7-16-15(8-14(10)9-26-13(4)22)17(23)21(12(3)20-16)11(2)19(5,6)18(24)25/h7-8,11H,9H2,1-6H3,(H,24,25). The van der Waals surface area contributed by atoms with Crippen molar-refractivity contribution in [3.8, 4) is 0 Å². The SMILES string of the molecule is CC(=O)OCc1cc2c(=O)n(C(C)C(C)(C)C(=O)O)c(C)nc2cc1C. The van der Waals surface area contributed by atoms with E-state index in [1.54, 1.807) is 39.8 Å². The first kappa shape index (κ1) is 19.6. The second-order valence-electron chi connectivity index (χ2n) is 7.11. The zero-order valence-corrected chi connectivity index (χ0v) is 15.9. The highest BCUT2D eigenvalue weighted by molar-refractivity contribution is 5.80. The monoisotopic (exact) mass is 360 g/mol. The van der Waals surface area contributed by atoms with E-state index in [1.807, 2.05) is 6.92 Å². The maximum Gasteiger partial charge on any atom is 0.311 e. The molecule has 2 rings (SSSR count). The van der Waals surface area contributed by atoms with Crippen LogP contribution in [0.25, 0.3) is 10.9 Å².